The number of methoxy groups -OCH3 is 1. The van der Waals surface area contributed by atoms with E-state index in [1.54, 1.807) is 23.9 Å². The number of halogens is 1. The lowest BCUT2D eigenvalue weighted by atomic mass is 10.1. The van der Waals surface area contributed by atoms with Crippen LogP contribution in [0, 0.1) is 12.7 Å². The molecule has 8 heteroatoms. The third-order valence-corrected chi connectivity index (χ3v) is 5.54. The number of nitrogens with zero attached hydrogens (tertiary/aromatic N) is 2. The van der Waals surface area contributed by atoms with Crippen molar-refractivity contribution in [2.75, 3.05) is 44.1 Å². The Morgan fingerprint density at radius 1 is 1.34 bits per heavy atom. The number of hydrogen-bond donors (Lipinski definition) is 1. The molecule has 6 nitrogen and oxygen atoms in total. The third kappa shape index (κ3) is 5.19. The van der Waals surface area contributed by atoms with Crippen molar-refractivity contribution < 1.29 is 18.7 Å². The van der Waals surface area contributed by atoms with Gasteiger partial charge in [-0.1, -0.05) is 13.0 Å². The maximum atomic E-state index is 13.6. The molecule has 29 heavy (non-hydrogen) atoms. The van der Waals surface area contributed by atoms with Crippen molar-refractivity contribution in [2.24, 2.45) is 0 Å². The molecule has 1 fully saturated rings. The monoisotopic (exact) mass is 419 g/mol. The molecule has 0 unspecified atom stereocenters. The van der Waals surface area contributed by atoms with Crippen LogP contribution in [0.4, 0.5) is 10.2 Å². The number of pyridine rings is 1. The lowest BCUT2D eigenvalue weighted by Crippen LogP contribution is -2.37. The summed E-state index contributed by atoms with van der Waals surface area (Å²) in [6.45, 7) is 7.19. The van der Waals surface area contributed by atoms with Crippen LogP contribution in [0.5, 0.6) is 5.75 Å². The number of ether oxygens (including phenoxy) is 2. The number of rotatable bonds is 7. The number of hydrogen-bond acceptors (Lipinski definition) is 6. The van der Waals surface area contributed by atoms with E-state index in [0.717, 1.165) is 40.8 Å². The average Bonchev–Trinajstić information content (AvgIpc) is 2.73. The van der Waals surface area contributed by atoms with Gasteiger partial charge in [-0.15, -0.1) is 11.8 Å². The molecule has 1 aromatic heterocycles. The van der Waals surface area contributed by atoms with Gasteiger partial charge in [0.2, 0.25) is 0 Å². The number of nitrogens with one attached hydrogen (secondary N) is 1. The van der Waals surface area contributed by atoms with Crippen LogP contribution in [0.25, 0.3) is 0 Å². The van der Waals surface area contributed by atoms with Crippen LogP contribution in [0.3, 0.4) is 0 Å². The zero-order valence-electron chi connectivity index (χ0n) is 17.0. The Hall–Kier alpha value is -2.32. The zero-order chi connectivity index (χ0) is 20.8. The van der Waals surface area contributed by atoms with E-state index in [4.69, 9.17) is 14.5 Å². The SMILES string of the molecule is CCSc1nc(N2CCOCC2)cc(C)c1C(=O)NCc1ccc(F)c(OC)c1. The van der Waals surface area contributed by atoms with E-state index in [2.05, 4.69) is 10.2 Å². The van der Waals surface area contributed by atoms with Gasteiger partial charge in [0, 0.05) is 19.6 Å². The van der Waals surface area contributed by atoms with Gasteiger partial charge in [0.05, 0.1) is 25.9 Å². The molecule has 0 spiro atoms. The number of benzene rings is 1. The highest BCUT2D eigenvalue weighted by Gasteiger charge is 2.21. The molecule has 2 aromatic rings. The summed E-state index contributed by atoms with van der Waals surface area (Å²) in [7, 11) is 1.42. The summed E-state index contributed by atoms with van der Waals surface area (Å²) in [4.78, 5) is 19.9. The topological polar surface area (TPSA) is 63.7 Å². The molecule has 0 saturated carbocycles. The molecule has 1 N–H and O–H groups in total. The predicted octanol–water partition coefficient (Wildman–Crippen LogP) is 3.42. The number of amides is 1. The maximum absolute atomic E-state index is 13.6. The van der Waals surface area contributed by atoms with Gasteiger partial charge >= 0.3 is 0 Å². The van der Waals surface area contributed by atoms with Crippen LogP contribution in [0.15, 0.2) is 29.3 Å². The molecule has 1 saturated heterocycles. The van der Waals surface area contributed by atoms with Gasteiger partial charge in [0.1, 0.15) is 10.8 Å². The number of carbonyl (C=O) groups is 1. The van der Waals surface area contributed by atoms with Crippen molar-refractivity contribution in [1.82, 2.24) is 10.3 Å². The van der Waals surface area contributed by atoms with Crippen LogP contribution < -0.4 is 15.0 Å². The van der Waals surface area contributed by atoms with Gasteiger partial charge in [-0.2, -0.15) is 0 Å². The second-order valence-corrected chi connectivity index (χ2v) is 7.91. The Labute approximate surface area is 174 Å². The molecule has 0 radical (unpaired) electrons. The van der Waals surface area contributed by atoms with Crippen LogP contribution >= 0.6 is 11.8 Å². The minimum absolute atomic E-state index is 0.159. The first-order valence-electron chi connectivity index (χ1n) is 9.61. The van der Waals surface area contributed by atoms with E-state index >= 15 is 0 Å². The quantitative estimate of drug-likeness (QED) is 0.694. The summed E-state index contributed by atoms with van der Waals surface area (Å²) in [6.07, 6.45) is 0. The highest BCUT2D eigenvalue weighted by molar-refractivity contribution is 7.99. The van der Waals surface area contributed by atoms with Crippen molar-refractivity contribution in [3.8, 4) is 5.75 Å². The minimum Gasteiger partial charge on any atom is -0.494 e. The van der Waals surface area contributed by atoms with Crippen molar-refractivity contribution >= 4 is 23.5 Å². The molecule has 0 atom stereocenters. The molecule has 1 aromatic carbocycles. The van der Waals surface area contributed by atoms with Gasteiger partial charge < -0.3 is 19.7 Å². The number of aromatic nitrogens is 1. The number of anilines is 1. The Morgan fingerprint density at radius 3 is 2.79 bits per heavy atom. The highest BCUT2D eigenvalue weighted by atomic mass is 32.2. The third-order valence-electron chi connectivity index (χ3n) is 4.68. The standard InChI is InChI=1S/C21H26FN3O3S/c1-4-29-21-19(14(2)11-18(24-21)25-7-9-28-10-8-25)20(26)23-13-15-5-6-16(22)17(12-15)27-3/h5-6,11-12H,4,7-10,13H2,1-3H3,(H,23,26). The summed E-state index contributed by atoms with van der Waals surface area (Å²) in [6, 6.07) is 6.51. The van der Waals surface area contributed by atoms with Gasteiger partial charge in [-0.05, 0) is 42.0 Å². The molecular formula is C21H26FN3O3S. The predicted molar refractivity (Wildman–Crippen MR) is 113 cm³/mol. The Bertz CT molecular complexity index is 872. The van der Waals surface area contributed by atoms with Gasteiger partial charge in [-0.25, -0.2) is 9.37 Å². The molecule has 1 aliphatic rings. The van der Waals surface area contributed by atoms with Crippen molar-refractivity contribution in [3.63, 3.8) is 0 Å². The van der Waals surface area contributed by atoms with E-state index < -0.39 is 5.82 Å². The molecule has 1 aliphatic heterocycles. The summed E-state index contributed by atoms with van der Waals surface area (Å²) in [5.74, 6) is 1.23. The first kappa shape index (κ1) is 21.4. The summed E-state index contributed by atoms with van der Waals surface area (Å²) >= 11 is 1.55. The number of aryl methyl sites for hydroxylation is 1. The molecule has 3 rings (SSSR count). The first-order valence-corrected chi connectivity index (χ1v) is 10.6. The van der Waals surface area contributed by atoms with Gasteiger partial charge in [0.15, 0.2) is 11.6 Å². The summed E-state index contributed by atoms with van der Waals surface area (Å²) in [5.41, 5.74) is 2.23. The molecule has 0 aliphatic carbocycles. The second-order valence-electron chi connectivity index (χ2n) is 6.66. The number of thioether (sulfide) groups is 1. The van der Waals surface area contributed by atoms with E-state index in [1.807, 2.05) is 19.9 Å². The smallest absolute Gasteiger partial charge is 0.254 e. The van der Waals surface area contributed by atoms with Crippen LogP contribution in [-0.2, 0) is 11.3 Å². The lowest BCUT2D eigenvalue weighted by Gasteiger charge is -2.28. The fourth-order valence-electron chi connectivity index (χ4n) is 3.18. The summed E-state index contributed by atoms with van der Waals surface area (Å²) in [5, 5.41) is 3.65. The molecule has 1 amide bonds. The molecule has 156 valence electrons. The van der Waals surface area contributed by atoms with E-state index in [0.29, 0.717) is 18.8 Å². The zero-order valence-corrected chi connectivity index (χ0v) is 17.8. The van der Waals surface area contributed by atoms with Crippen LogP contribution in [0.1, 0.15) is 28.4 Å². The molecule has 2 heterocycles. The lowest BCUT2D eigenvalue weighted by molar-refractivity contribution is 0.0946. The van der Waals surface area contributed by atoms with Crippen LogP contribution in [0.2, 0.25) is 0 Å². The van der Waals surface area contributed by atoms with E-state index in [9.17, 15) is 9.18 Å². The minimum atomic E-state index is -0.428. The Kier molecular flexibility index (Phi) is 7.33. The fraction of sp³-hybridized carbons (Fsp3) is 0.429. The van der Waals surface area contributed by atoms with Gasteiger partial charge in [0.25, 0.3) is 5.91 Å². The second kappa shape index (κ2) is 9.93. The van der Waals surface area contributed by atoms with E-state index in [1.165, 1.54) is 13.2 Å². The normalized spacial score (nSPS) is 14.0. The fourth-order valence-corrected chi connectivity index (χ4v) is 4.01. The van der Waals surface area contributed by atoms with Gasteiger partial charge in [-0.3, -0.25) is 4.79 Å². The summed E-state index contributed by atoms with van der Waals surface area (Å²) < 4.78 is 24.0. The van der Waals surface area contributed by atoms with Crippen molar-refractivity contribution in [1.29, 1.82) is 0 Å². The Morgan fingerprint density at radius 2 is 2.10 bits per heavy atom. The van der Waals surface area contributed by atoms with Crippen LogP contribution in [-0.4, -0.2) is 50.1 Å². The van der Waals surface area contributed by atoms with Crippen molar-refractivity contribution in [2.45, 2.75) is 25.4 Å². The maximum Gasteiger partial charge on any atom is 0.254 e. The molecular weight excluding hydrogens is 393 g/mol. The first-order chi connectivity index (χ1) is 14.0. The number of carbonyl (C=O) groups excluding carboxylic acids is 1. The Balaban J connectivity index is 1.79. The largest absolute Gasteiger partial charge is 0.494 e. The highest BCUT2D eigenvalue weighted by Crippen LogP contribution is 2.28. The van der Waals surface area contributed by atoms with E-state index in [-0.39, 0.29) is 18.2 Å². The average molecular weight is 420 g/mol. The van der Waals surface area contributed by atoms with Crippen molar-refractivity contribution in [3.05, 3.63) is 46.8 Å². The number of morpholine rings is 1. The molecule has 0 bridgehead atoms.